The summed E-state index contributed by atoms with van der Waals surface area (Å²) in [4.78, 5) is 4.79. The van der Waals surface area contributed by atoms with E-state index in [9.17, 15) is 0 Å². The van der Waals surface area contributed by atoms with Crippen LogP contribution in [0.1, 0.15) is 18.7 Å². The normalized spacial score (nSPS) is 20.4. The Hall–Kier alpha value is -0.870. The van der Waals surface area contributed by atoms with Crippen LogP contribution in [0.2, 0.25) is 0 Å². The molecule has 0 aliphatic carbocycles. The molecule has 3 rings (SSSR count). The van der Waals surface area contributed by atoms with Crippen LogP contribution in [-0.4, -0.2) is 22.6 Å². The Balaban J connectivity index is 1.92. The number of aromatic nitrogens is 2. The molecule has 3 nitrogen and oxygen atoms in total. The summed E-state index contributed by atoms with van der Waals surface area (Å²) in [6, 6.07) is 6.26. The third-order valence-electron chi connectivity index (χ3n) is 3.83. The molecule has 1 fully saturated rings. The van der Waals surface area contributed by atoms with E-state index in [1.165, 1.54) is 30.7 Å². The molecule has 0 saturated carbocycles. The van der Waals surface area contributed by atoms with Crippen molar-refractivity contribution in [2.24, 2.45) is 13.0 Å². The van der Waals surface area contributed by atoms with Crippen LogP contribution in [0.25, 0.3) is 11.0 Å². The highest BCUT2D eigenvalue weighted by atomic mass is 79.9. The van der Waals surface area contributed by atoms with Gasteiger partial charge in [0.1, 0.15) is 11.3 Å². The zero-order valence-electron chi connectivity index (χ0n) is 10.6. The van der Waals surface area contributed by atoms with E-state index in [1.54, 1.807) is 0 Å². The zero-order chi connectivity index (χ0) is 12.5. The van der Waals surface area contributed by atoms with Gasteiger partial charge in [-0.05, 0) is 59.9 Å². The Labute approximate surface area is 116 Å². The van der Waals surface area contributed by atoms with Crippen molar-refractivity contribution in [3.05, 3.63) is 28.5 Å². The summed E-state index contributed by atoms with van der Waals surface area (Å²) in [7, 11) is 2.12. The number of benzene rings is 1. The Kier molecular flexibility index (Phi) is 3.39. The van der Waals surface area contributed by atoms with Crippen LogP contribution in [0, 0.1) is 5.92 Å². The summed E-state index contributed by atoms with van der Waals surface area (Å²) in [5.74, 6) is 1.93. The second-order valence-corrected chi connectivity index (χ2v) is 5.97. The van der Waals surface area contributed by atoms with Crippen molar-refractivity contribution in [1.29, 1.82) is 0 Å². The van der Waals surface area contributed by atoms with Gasteiger partial charge in [0.2, 0.25) is 0 Å². The first-order chi connectivity index (χ1) is 8.75. The number of hydrogen-bond acceptors (Lipinski definition) is 2. The van der Waals surface area contributed by atoms with Gasteiger partial charge in [-0.15, -0.1) is 0 Å². The molecule has 0 amide bonds. The molecular formula is C14H18BrN3. The Morgan fingerprint density at radius 3 is 3.11 bits per heavy atom. The molecule has 1 saturated heterocycles. The van der Waals surface area contributed by atoms with Gasteiger partial charge in [-0.25, -0.2) is 4.98 Å². The van der Waals surface area contributed by atoms with Gasteiger partial charge >= 0.3 is 0 Å². The fraction of sp³-hybridized carbons (Fsp3) is 0.500. The van der Waals surface area contributed by atoms with Gasteiger partial charge < -0.3 is 9.88 Å². The highest BCUT2D eigenvalue weighted by molar-refractivity contribution is 9.10. The number of rotatable bonds is 2. The average Bonchev–Trinajstić information content (AvgIpc) is 2.70. The molecule has 1 atom stereocenters. The quantitative estimate of drug-likeness (QED) is 0.924. The first-order valence-corrected chi connectivity index (χ1v) is 7.35. The Bertz CT molecular complexity index is 555. The van der Waals surface area contributed by atoms with E-state index in [2.05, 4.69) is 51.1 Å². The second-order valence-electron chi connectivity index (χ2n) is 5.11. The number of fused-ring (bicyclic) bond motifs is 1. The van der Waals surface area contributed by atoms with Gasteiger partial charge in [0.15, 0.2) is 0 Å². The fourth-order valence-electron chi connectivity index (χ4n) is 2.77. The topological polar surface area (TPSA) is 29.9 Å². The number of hydrogen-bond donors (Lipinski definition) is 1. The van der Waals surface area contributed by atoms with Gasteiger partial charge in [0, 0.05) is 17.9 Å². The minimum atomic E-state index is 0.730. The molecule has 96 valence electrons. The van der Waals surface area contributed by atoms with E-state index < -0.39 is 0 Å². The van der Waals surface area contributed by atoms with E-state index >= 15 is 0 Å². The lowest BCUT2D eigenvalue weighted by atomic mass is 9.96. The lowest BCUT2D eigenvalue weighted by Crippen LogP contribution is -2.31. The van der Waals surface area contributed by atoms with Crippen molar-refractivity contribution >= 4 is 27.0 Å². The summed E-state index contributed by atoms with van der Waals surface area (Å²) in [5.41, 5.74) is 2.29. The van der Waals surface area contributed by atoms with Gasteiger partial charge in [-0.2, -0.15) is 0 Å². The number of aryl methyl sites for hydroxylation is 1. The van der Waals surface area contributed by atoms with Gasteiger partial charge in [0.05, 0.1) is 5.52 Å². The summed E-state index contributed by atoms with van der Waals surface area (Å²) in [5, 5.41) is 3.47. The predicted molar refractivity (Wildman–Crippen MR) is 77.7 cm³/mol. The number of piperidine rings is 1. The average molecular weight is 308 g/mol. The maximum Gasteiger partial charge on any atom is 0.109 e. The van der Waals surface area contributed by atoms with E-state index in [0.717, 1.165) is 28.9 Å². The van der Waals surface area contributed by atoms with E-state index in [-0.39, 0.29) is 0 Å². The highest BCUT2D eigenvalue weighted by Crippen LogP contribution is 2.25. The summed E-state index contributed by atoms with van der Waals surface area (Å²) >= 11 is 3.58. The predicted octanol–water partition coefficient (Wildman–Crippen LogP) is 2.88. The van der Waals surface area contributed by atoms with Crippen molar-refractivity contribution in [2.45, 2.75) is 19.3 Å². The Morgan fingerprint density at radius 1 is 1.50 bits per heavy atom. The monoisotopic (exact) mass is 307 g/mol. The van der Waals surface area contributed by atoms with E-state index in [1.807, 2.05) is 0 Å². The minimum Gasteiger partial charge on any atom is -0.331 e. The number of imidazole rings is 1. The maximum absolute atomic E-state index is 4.79. The number of para-hydroxylation sites is 1. The van der Waals surface area contributed by atoms with Crippen molar-refractivity contribution in [3.63, 3.8) is 0 Å². The van der Waals surface area contributed by atoms with Crippen LogP contribution in [0.4, 0.5) is 0 Å². The third-order valence-corrected chi connectivity index (χ3v) is 4.46. The fourth-order valence-corrected chi connectivity index (χ4v) is 3.21. The van der Waals surface area contributed by atoms with Crippen molar-refractivity contribution in [2.75, 3.05) is 13.1 Å². The molecule has 1 N–H and O–H groups in total. The van der Waals surface area contributed by atoms with Crippen LogP contribution >= 0.6 is 15.9 Å². The second kappa shape index (κ2) is 5.02. The first-order valence-electron chi connectivity index (χ1n) is 6.56. The molecule has 2 aromatic rings. The van der Waals surface area contributed by atoms with Gasteiger partial charge in [-0.3, -0.25) is 0 Å². The molecule has 1 aromatic heterocycles. The minimum absolute atomic E-state index is 0.730. The lowest BCUT2D eigenvalue weighted by Gasteiger charge is -2.22. The van der Waals surface area contributed by atoms with Crippen molar-refractivity contribution in [1.82, 2.24) is 14.9 Å². The molecule has 0 radical (unpaired) electrons. The maximum atomic E-state index is 4.79. The highest BCUT2D eigenvalue weighted by Gasteiger charge is 2.17. The van der Waals surface area contributed by atoms with Gasteiger partial charge in [-0.1, -0.05) is 6.07 Å². The van der Waals surface area contributed by atoms with E-state index in [0.29, 0.717) is 0 Å². The largest absolute Gasteiger partial charge is 0.331 e. The molecule has 0 spiro atoms. The van der Waals surface area contributed by atoms with Crippen LogP contribution < -0.4 is 5.32 Å². The molecule has 1 aliphatic rings. The molecular weight excluding hydrogens is 290 g/mol. The van der Waals surface area contributed by atoms with Gasteiger partial charge in [0.25, 0.3) is 0 Å². The SMILES string of the molecule is Cn1c(CC2CCCNC2)nc2c(Br)cccc21. The lowest BCUT2D eigenvalue weighted by molar-refractivity contribution is 0.368. The Morgan fingerprint density at radius 2 is 2.39 bits per heavy atom. The molecule has 1 aliphatic heterocycles. The van der Waals surface area contributed by atoms with E-state index in [4.69, 9.17) is 4.98 Å². The van der Waals surface area contributed by atoms with Crippen LogP contribution in [0.15, 0.2) is 22.7 Å². The molecule has 0 bridgehead atoms. The summed E-state index contributed by atoms with van der Waals surface area (Å²) in [6.45, 7) is 2.30. The van der Waals surface area contributed by atoms with Crippen molar-refractivity contribution in [3.8, 4) is 0 Å². The standard InChI is InChI=1S/C14H18BrN3/c1-18-12-6-2-5-11(15)14(12)17-13(18)8-10-4-3-7-16-9-10/h2,5-6,10,16H,3-4,7-9H2,1H3. The summed E-state index contributed by atoms with van der Waals surface area (Å²) in [6.07, 6.45) is 3.68. The molecule has 1 aromatic carbocycles. The smallest absolute Gasteiger partial charge is 0.109 e. The molecule has 18 heavy (non-hydrogen) atoms. The number of halogens is 1. The number of nitrogens with one attached hydrogen (secondary N) is 1. The van der Waals surface area contributed by atoms with Crippen LogP contribution in [0.5, 0.6) is 0 Å². The third kappa shape index (κ3) is 2.19. The first kappa shape index (κ1) is 12.2. The number of nitrogens with zero attached hydrogens (tertiary/aromatic N) is 2. The van der Waals surface area contributed by atoms with Crippen molar-refractivity contribution < 1.29 is 0 Å². The summed E-state index contributed by atoms with van der Waals surface area (Å²) < 4.78 is 3.32. The van der Waals surface area contributed by atoms with Crippen LogP contribution in [0.3, 0.4) is 0 Å². The molecule has 1 unspecified atom stereocenters. The zero-order valence-corrected chi connectivity index (χ0v) is 12.2. The molecule has 4 heteroatoms. The molecule has 2 heterocycles. The van der Waals surface area contributed by atoms with Crippen LogP contribution in [-0.2, 0) is 13.5 Å².